The molecule has 0 N–H and O–H groups in total. The molecular formula is C12H17ClF3N3. The minimum atomic E-state index is -4.18. The number of rotatable bonds is 4. The van der Waals surface area contributed by atoms with Crippen LogP contribution in [-0.4, -0.2) is 29.7 Å². The molecule has 0 aliphatic rings. The Kier molecular flexibility index (Phi) is 5.01. The van der Waals surface area contributed by atoms with E-state index in [9.17, 15) is 13.2 Å². The molecule has 108 valence electrons. The van der Waals surface area contributed by atoms with E-state index in [1.165, 1.54) is 4.90 Å². The Bertz CT molecular complexity index is 447. The van der Waals surface area contributed by atoms with Gasteiger partial charge in [0.2, 0.25) is 0 Å². The molecule has 0 saturated heterocycles. The molecule has 3 nitrogen and oxygen atoms in total. The summed E-state index contributed by atoms with van der Waals surface area (Å²) in [6.45, 7) is 5.35. The van der Waals surface area contributed by atoms with Gasteiger partial charge >= 0.3 is 6.18 Å². The summed E-state index contributed by atoms with van der Waals surface area (Å²) in [5.41, 5.74) is 0.593. The Morgan fingerprint density at radius 1 is 1.26 bits per heavy atom. The van der Waals surface area contributed by atoms with Crippen molar-refractivity contribution < 1.29 is 13.2 Å². The maximum absolute atomic E-state index is 12.2. The molecule has 0 unspecified atom stereocenters. The number of hydrogen-bond donors (Lipinski definition) is 0. The Morgan fingerprint density at radius 3 is 2.32 bits per heavy atom. The van der Waals surface area contributed by atoms with Crippen LogP contribution in [-0.2, 0) is 0 Å². The molecule has 0 atom stereocenters. The van der Waals surface area contributed by atoms with Gasteiger partial charge in [-0.15, -0.1) is 0 Å². The van der Waals surface area contributed by atoms with Crippen molar-refractivity contribution in [2.75, 3.05) is 18.5 Å². The largest absolute Gasteiger partial charge is 0.390 e. The molecule has 0 spiro atoms. The van der Waals surface area contributed by atoms with Gasteiger partial charge in [0.05, 0.1) is 6.42 Å². The number of nitrogens with zero attached hydrogens (tertiary/aromatic N) is 3. The average Bonchev–Trinajstić information content (AvgIpc) is 2.28. The van der Waals surface area contributed by atoms with E-state index in [1.54, 1.807) is 14.0 Å². The highest BCUT2D eigenvalue weighted by Crippen LogP contribution is 2.27. The zero-order valence-electron chi connectivity index (χ0n) is 11.3. The highest BCUT2D eigenvalue weighted by Gasteiger charge is 2.28. The van der Waals surface area contributed by atoms with Gasteiger partial charge in [-0.3, -0.25) is 0 Å². The summed E-state index contributed by atoms with van der Waals surface area (Å²) in [5, 5.41) is 0.285. The summed E-state index contributed by atoms with van der Waals surface area (Å²) >= 11 is 6.00. The first-order valence-electron chi connectivity index (χ1n) is 5.93. The standard InChI is InChI=1S/C12H17ClF3N3/c1-7(2)10-17-9(13)8(3)11(18-10)19(4)6-5-12(14,15)16/h7H,5-6H2,1-4H3. The molecule has 1 aromatic rings. The summed E-state index contributed by atoms with van der Waals surface area (Å²) in [6, 6.07) is 0. The van der Waals surface area contributed by atoms with Crippen molar-refractivity contribution in [3.05, 3.63) is 16.5 Å². The molecule has 0 aliphatic carbocycles. The van der Waals surface area contributed by atoms with Crippen LogP contribution >= 0.6 is 11.6 Å². The Morgan fingerprint density at radius 2 is 1.84 bits per heavy atom. The SMILES string of the molecule is Cc1c(Cl)nc(C(C)C)nc1N(C)CCC(F)(F)F. The zero-order chi connectivity index (χ0) is 14.8. The third-order valence-corrected chi connectivity index (χ3v) is 3.05. The van der Waals surface area contributed by atoms with Crippen molar-refractivity contribution in [2.45, 2.75) is 39.3 Å². The first-order chi connectivity index (χ1) is 8.61. The normalized spacial score (nSPS) is 12.1. The summed E-state index contributed by atoms with van der Waals surface area (Å²) in [4.78, 5) is 9.89. The predicted octanol–water partition coefficient (Wildman–Crippen LogP) is 3.95. The molecule has 0 fully saturated rings. The van der Waals surface area contributed by atoms with Crippen LogP contribution in [0.25, 0.3) is 0 Å². The number of hydrogen-bond acceptors (Lipinski definition) is 3. The van der Waals surface area contributed by atoms with E-state index in [0.717, 1.165) is 0 Å². The van der Waals surface area contributed by atoms with Crippen molar-refractivity contribution in [1.82, 2.24) is 9.97 Å². The summed E-state index contributed by atoms with van der Waals surface area (Å²) in [5.74, 6) is 1.05. The van der Waals surface area contributed by atoms with E-state index in [1.807, 2.05) is 13.8 Å². The lowest BCUT2D eigenvalue weighted by Gasteiger charge is -2.22. The van der Waals surface area contributed by atoms with Gasteiger partial charge < -0.3 is 4.90 Å². The fraction of sp³-hybridized carbons (Fsp3) is 0.667. The molecule has 0 aliphatic heterocycles. The first-order valence-corrected chi connectivity index (χ1v) is 6.31. The maximum atomic E-state index is 12.2. The Hall–Kier alpha value is -1.04. The summed E-state index contributed by atoms with van der Waals surface area (Å²) in [6.07, 6.45) is -5.07. The van der Waals surface area contributed by atoms with E-state index in [0.29, 0.717) is 17.2 Å². The van der Waals surface area contributed by atoms with E-state index in [2.05, 4.69) is 9.97 Å². The number of alkyl halides is 3. The van der Waals surface area contributed by atoms with Gasteiger partial charge in [0.15, 0.2) is 0 Å². The van der Waals surface area contributed by atoms with Crippen LogP contribution in [0.15, 0.2) is 0 Å². The van der Waals surface area contributed by atoms with Crippen LogP contribution in [0.3, 0.4) is 0 Å². The second-order valence-corrected chi connectivity index (χ2v) is 5.12. The van der Waals surface area contributed by atoms with Gasteiger partial charge in [-0.1, -0.05) is 25.4 Å². The number of anilines is 1. The Balaban J connectivity index is 2.98. The first kappa shape index (κ1) is 16.0. The van der Waals surface area contributed by atoms with Crippen molar-refractivity contribution >= 4 is 17.4 Å². The molecule has 0 radical (unpaired) electrons. The van der Waals surface area contributed by atoms with Crippen molar-refractivity contribution in [1.29, 1.82) is 0 Å². The summed E-state index contributed by atoms with van der Waals surface area (Å²) in [7, 11) is 1.57. The summed E-state index contributed by atoms with van der Waals surface area (Å²) < 4.78 is 36.7. The molecule has 7 heteroatoms. The topological polar surface area (TPSA) is 29.0 Å². The molecule has 0 amide bonds. The van der Waals surface area contributed by atoms with E-state index in [4.69, 9.17) is 11.6 Å². The van der Waals surface area contributed by atoms with E-state index in [-0.39, 0.29) is 17.6 Å². The quantitative estimate of drug-likeness (QED) is 0.788. The smallest absolute Gasteiger partial charge is 0.359 e. The fourth-order valence-corrected chi connectivity index (χ4v) is 1.70. The fourth-order valence-electron chi connectivity index (χ4n) is 1.52. The maximum Gasteiger partial charge on any atom is 0.390 e. The molecule has 0 aromatic carbocycles. The predicted molar refractivity (Wildman–Crippen MR) is 69.8 cm³/mol. The number of aromatic nitrogens is 2. The minimum Gasteiger partial charge on any atom is -0.359 e. The molecule has 0 saturated carbocycles. The average molecular weight is 296 g/mol. The van der Waals surface area contributed by atoms with Gasteiger partial charge in [0.25, 0.3) is 0 Å². The van der Waals surface area contributed by atoms with E-state index < -0.39 is 12.6 Å². The van der Waals surface area contributed by atoms with Gasteiger partial charge in [0, 0.05) is 25.1 Å². The van der Waals surface area contributed by atoms with Gasteiger partial charge in [-0.25, -0.2) is 9.97 Å². The molecule has 19 heavy (non-hydrogen) atoms. The second kappa shape index (κ2) is 5.94. The lowest BCUT2D eigenvalue weighted by atomic mass is 10.2. The van der Waals surface area contributed by atoms with Gasteiger partial charge in [-0.05, 0) is 6.92 Å². The van der Waals surface area contributed by atoms with Crippen molar-refractivity contribution in [3.8, 4) is 0 Å². The third-order valence-electron chi connectivity index (χ3n) is 2.69. The number of halogens is 4. The molecule has 1 aromatic heterocycles. The molecule has 1 rings (SSSR count). The Labute approximate surface area is 115 Å². The second-order valence-electron chi connectivity index (χ2n) is 4.76. The molecule has 1 heterocycles. The van der Waals surface area contributed by atoms with E-state index >= 15 is 0 Å². The lowest BCUT2D eigenvalue weighted by Crippen LogP contribution is -2.26. The van der Waals surface area contributed by atoms with Crippen LogP contribution in [0.4, 0.5) is 19.0 Å². The van der Waals surface area contributed by atoms with Crippen LogP contribution in [0.1, 0.15) is 37.6 Å². The minimum absolute atomic E-state index is 0.0628. The van der Waals surface area contributed by atoms with Gasteiger partial charge in [-0.2, -0.15) is 13.2 Å². The molecular weight excluding hydrogens is 279 g/mol. The van der Waals surface area contributed by atoms with Crippen LogP contribution in [0.5, 0.6) is 0 Å². The highest BCUT2D eigenvalue weighted by molar-refractivity contribution is 6.30. The monoisotopic (exact) mass is 295 g/mol. The lowest BCUT2D eigenvalue weighted by molar-refractivity contribution is -0.132. The molecule has 0 bridgehead atoms. The third kappa shape index (κ3) is 4.53. The zero-order valence-corrected chi connectivity index (χ0v) is 12.1. The highest BCUT2D eigenvalue weighted by atomic mass is 35.5. The van der Waals surface area contributed by atoms with Crippen LogP contribution < -0.4 is 4.90 Å². The van der Waals surface area contributed by atoms with Crippen LogP contribution in [0.2, 0.25) is 5.15 Å². The van der Waals surface area contributed by atoms with Crippen molar-refractivity contribution in [2.24, 2.45) is 0 Å². The van der Waals surface area contributed by atoms with Crippen LogP contribution in [0, 0.1) is 6.92 Å². The van der Waals surface area contributed by atoms with Crippen molar-refractivity contribution in [3.63, 3.8) is 0 Å². The van der Waals surface area contributed by atoms with Gasteiger partial charge in [0.1, 0.15) is 16.8 Å².